The first-order chi connectivity index (χ1) is 62.0. The first kappa shape index (κ1) is 93.5. The first-order valence-electron chi connectivity index (χ1n) is 43.8. The summed E-state index contributed by atoms with van der Waals surface area (Å²) in [6.45, 7) is 29.0. The average Bonchev–Trinajstić information content (AvgIpc) is 1.60. The fourth-order valence-corrected chi connectivity index (χ4v) is 17.8. The van der Waals surface area contributed by atoms with Crippen LogP contribution in [-0.4, -0.2) is 193 Å². The lowest BCUT2D eigenvalue weighted by Gasteiger charge is -2.39. The molecule has 0 aromatic heterocycles. The van der Waals surface area contributed by atoms with Crippen molar-refractivity contribution in [1.82, 2.24) is 14.7 Å². The zero-order chi connectivity index (χ0) is 91.8. The lowest BCUT2D eigenvalue weighted by Crippen LogP contribution is -2.54. The number of rotatable bonds is 30. The van der Waals surface area contributed by atoms with Crippen LogP contribution in [0.3, 0.4) is 0 Å². The fourth-order valence-electron chi connectivity index (χ4n) is 17.8. The third kappa shape index (κ3) is 21.0. The zero-order valence-electron chi connectivity index (χ0n) is 74.6. The van der Waals surface area contributed by atoms with Crippen molar-refractivity contribution < 1.29 is 81.4 Å². The molecule has 3 aliphatic heterocycles. The number of Topliss-reactive ketones (excluding diaryl/α,β-unsaturated/α-hetero) is 6. The fraction of sp³-hybridized carbons (Fsp3) is 0.333. The van der Waals surface area contributed by atoms with Gasteiger partial charge in [-0.15, -0.1) is 0 Å². The van der Waals surface area contributed by atoms with Crippen LogP contribution in [-0.2, 0) is 52.6 Å². The van der Waals surface area contributed by atoms with Gasteiger partial charge in [0, 0.05) is 124 Å². The minimum absolute atomic E-state index is 0.0232. The molecule has 0 radical (unpaired) electrons. The highest BCUT2D eigenvalue weighted by Crippen LogP contribution is 2.52. The van der Waals surface area contributed by atoms with E-state index in [4.69, 9.17) is 28.6 Å². The van der Waals surface area contributed by atoms with Crippen LogP contribution < -0.4 is 0 Å². The smallest absolute Gasteiger partial charge is 0.332 e. The molecule has 0 bridgehead atoms. The molecule has 664 valence electrons. The quantitative estimate of drug-likeness (QED) is 0.00768. The number of carbonyl (C=O) groups is 10. The van der Waals surface area contributed by atoms with E-state index < -0.39 is 57.8 Å². The Hall–Kier alpha value is -13.1. The summed E-state index contributed by atoms with van der Waals surface area (Å²) in [6.07, 6.45) is 5.40. The Morgan fingerprint density at radius 3 is 1.02 bits per heavy atom. The maximum absolute atomic E-state index is 13.8. The molecule has 3 unspecified atom stereocenters. The molecule has 129 heavy (non-hydrogen) atoms. The van der Waals surface area contributed by atoms with Crippen molar-refractivity contribution in [1.29, 1.82) is 5.26 Å². The highest BCUT2D eigenvalue weighted by molar-refractivity contribution is 6.51. The molecule has 0 N–H and O–H groups in total. The standard InChI is InChI=1S/C37H42N2O5.C36H36N2O7.C32H29N3O5/c1-5-6-7-8-13-33(38-44-25(2)40)35(41)27-16-14-26(15-17-27)34-30-12-10-9-11-29(30)32-24-28(18-19-31(32)34)36(42)37(3,4)39-20-22-43-23-21-39;1-5-32(40)44-19-16-31(37-45-23(2)39)34(41)25-12-10-24(11-13-25)33-28-9-7-6-8-27(28)30-22-26(14-15-29(30)33)35(42)36(3,4)38-17-20-43-21-18-38;1-20(36)40-34-28(19-33)30(37)22-10-8-21(9-11-22)29-25-7-5-4-6-24(25)27-18-23(12-13-26(27)29)31(38)32(2,3)35-14-16-39-17-15-35/h9-12,14-19,24,34H,5-8,13,20-23H2,1-4H3;5-15,22,33H,1,16-21H2,2-4H3;4-13,18,29H,14-17H2,1-3H3/b38-33+;37-31+;34-28+. The van der Waals surface area contributed by atoms with E-state index in [1.165, 1.54) is 19.4 Å². The number of hydrogen-bond donors (Lipinski definition) is 0. The molecular weight excluding hydrogens is 1630 g/mol. The molecule has 0 amide bonds. The maximum Gasteiger partial charge on any atom is 0.332 e. The summed E-state index contributed by atoms with van der Waals surface area (Å²) in [5.41, 5.74) is 17.0. The Morgan fingerprint density at radius 1 is 0.395 bits per heavy atom. The van der Waals surface area contributed by atoms with E-state index in [1.807, 2.05) is 175 Å². The number of oxime groups is 3. The van der Waals surface area contributed by atoms with Gasteiger partial charge in [0.1, 0.15) is 17.5 Å². The van der Waals surface area contributed by atoms with Crippen molar-refractivity contribution in [3.05, 3.63) is 296 Å². The van der Waals surface area contributed by atoms with Gasteiger partial charge in [-0.25, -0.2) is 19.2 Å². The molecule has 24 heteroatoms. The molecule has 15 rings (SSSR count). The second-order valence-corrected chi connectivity index (χ2v) is 34.1. The second-order valence-electron chi connectivity index (χ2n) is 34.1. The molecule has 6 aliphatic rings. The third-order valence-corrected chi connectivity index (χ3v) is 24.9. The van der Waals surface area contributed by atoms with E-state index in [9.17, 15) is 53.2 Å². The summed E-state index contributed by atoms with van der Waals surface area (Å²) in [7, 11) is 0. The van der Waals surface area contributed by atoms with E-state index in [0.29, 0.717) is 87.0 Å². The Labute approximate surface area is 751 Å². The summed E-state index contributed by atoms with van der Waals surface area (Å²) < 4.78 is 21.5. The van der Waals surface area contributed by atoms with Gasteiger partial charge >= 0.3 is 23.9 Å². The van der Waals surface area contributed by atoms with Crippen molar-refractivity contribution >= 4 is 75.7 Å². The molecule has 3 atom stereocenters. The Balaban J connectivity index is 0.000000165. The Kier molecular flexibility index (Phi) is 30.3. The van der Waals surface area contributed by atoms with Gasteiger partial charge in [-0.2, -0.15) is 5.26 Å². The number of hydrogen-bond acceptors (Lipinski definition) is 24. The Morgan fingerprint density at radius 2 is 0.698 bits per heavy atom. The maximum atomic E-state index is 13.8. The van der Waals surface area contributed by atoms with Gasteiger partial charge in [0.15, 0.2) is 17.3 Å². The number of esters is 1. The monoisotopic (exact) mass is 1740 g/mol. The Bertz CT molecular complexity index is 5920. The van der Waals surface area contributed by atoms with Gasteiger partial charge in [0.05, 0.1) is 62.9 Å². The van der Waals surface area contributed by atoms with E-state index >= 15 is 0 Å². The van der Waals surface area contributed by atoms with E-state index in [2.05, 4.69) is 91.0 Å². The van der Waals surface area contributed by atoms with Gasteiger partial charge in [0.25, 0.3) is 0 Å². The number of nitriles is 1. The molecular formula is C105H107N7O17. The first-order valence-corrected chi connectivity index (χ1v) is 43.8. The van der Waals surface area contributed by atoms with Crippen LogP contribution in [0.4, 0.5) is 0 Å². The predicted octanol–water partition coefficient (Wildman–Crippen LogP) is 17.3. The number of fused-ring (bicyclic) bond motifs is 9. The van der Waals surface area contributed by atoms with Crippen molar-refractivity contribution in [2.24, 2.45) is 15.5 Å². The molecule has 9 aromatic carbocycles. The van der Waals surface area contributed by atoms with Gasteiger partial charge < -0.3 is 33.5 Å². The summed E-state index contributed by atoms with van der Waals surface area (Å²) in [5.74, 6) is -3.84. The van der Waals surface area contributed by atoms with Crippen LogP contribution in [0.5, 0.6) is 0 Å². The van der Waals surface area contributed by atoms with Gasteiger partial charge in [-0.05, 0) is 156 Å². The molecule has 24 nitrogen and oxygen atoms in total. The second kappa shape index (κ2) is 41.8. The van der Waals surface area contributed by atoms with Crippen LogP contribution in [0.15, 0.2) is 228 Å². The molecule has 9 aromatic rings. The van der Waals surface area contributed by atoms with Crippen molar-refractivity contribution in [3.63, 3.8) is 0 Å². The van der Waals surface area contributed by atoms with Crippen LogP contribution in [0.1, 0.15) is 238 Å². The van der Waals surface area contributed by atoms with Crippen LogP contribution >= 0.6 is 0 Å². The number of morpholine rings is 3. The summed E-state index contributed by atoms with van der Waals surface area (Å²) in [6, 6.07) is 66.1. The van der Waals surface area contributed by atoms with Gasteiger partial charge in [-0.3, -0.25) is 43.5 Å². The molecule has 3 aliphatic carbocycles. The SMILES string of the molecule is C=CC(=O)OCC/C(=N\OC(C)=O)C(=O)c1ccc(C2c3ccccc3-c3cc(C(=O)C(C)(C)N4CCOCC4)ccc32)cc1.CC(=O)O/N=C(\C#N)C(=O)c1ccc(C2c3ccccc3-c3cc(C(=O)C(C)(C)N4CCOCC4)ccc32)cc1.CCCCCC/C(=N\OC(C)=O)C(=O)c1ccc(C2c3ccccc3-c3cc(C(=O)C(C)(C)N4CCOCC4)ccc32)cc1. The number of ether oxygens (including phenoxy) is 4. The lowest BCUT2D eigenvalue weighted by atomic mass is 9.86. The van der Waals surface area contributed by atoms with Crippen molar-refractivity contribution in [3.8, 4) is 39.4 Å². The minimum Gasteiger partial charge on any atom is -0.462 e. The number of benzene rings is 9. The largest absolute Gasteiger partial charge is 0.462 e. The highest BCUT2D eigenvalue weighted by Gasteiger charge is 2.42. The zero-order valence-corrected chi connectivity index (χ0v) is 74.6. The third-order valence-electron chi connectivity index (χ3n) is 24.9. The lowest BCUT2D eigenvalue weighted by molar-refractivity contribution is -0.141. The highest BCUT2D eigenvalue weighted by atomic mass is 16.7. The van der Waals surface area contributed by atoms with E-state index in [-0.39, 0.29) is 70.9 Å². The molecule has 3 heterocycles. The number of carbonyl (C=O) groups excluding carboxylic acids is 10. The summed E-state index contributed by atoms with van der Waals surface area (Å²) in [5, 5.41) is 20.3. The molecule has 0 spiro atoms. The minimum atomic E-state index is -0.719. The van der Waals surface area contributed by atoms with Crippen LogP contribution in [0.25, 0.3) is 33.4 Å². The predicted molar refractivity (Wildman–Crippen MR) is 491 cm³/mol. The molecule has 3 saturated heterocycles. The number of ketones is 6. The van der Waals surface area contributed by atoms with Crippen LogP contribution in [0, 0.1) is 11.3 Å². The normalized spacial score (nSPS) is 16.7. The average molecular weight is 1740 g/mol. The molecule has 3 fully saturated rings. The topological polar surface area (TPSA) is 306 Å². The van der Waals surface area contributed by atoms with Gasteiger partial charge in [0.2, 0.25) is 23.1 Å². The summed E-state index contributed by atoms with van der Waals surface area (Å²) >= 11 is 0. The van der Waals surface area contributed by atoms with E-state index in [1.54, 1.807) is 30.3 Å². The van der Waals surface area contributed by atoms with Crippen LogP contribution in [0.2, 0.25) is 0 Å². The molecule has 0 saturated carbocycles. The number of unbranched alkanes of at least 4 members (excludes halogenated alkanes) is 3. The van der Waals surface area contributed by atoms with Crippen molar-refractivity contribution in [2.75, 3.05) is 85.5 Å². The number of nitrogens with zero attached hydrogens (tertiary/aromatic N) is 7. The van der Waals surface area contributed by atoms with E-state index in [0.717, 1.165) is 143 Å². The van der Waals surface area contributed by atoms with Gasteiger partial charge in [-0.1, -0.05) is 230 Å². The van der Waals surface area contributed by atoms with Crippen molar-refractivity contribution in [2.45, 2.75) is 142 Å². The summed E-state index contributed by atoms with van der Waals surface area (Å²) in [4.78, 5) is 147.